The predicted molar refractivity (Wildman–Crippen MR) is 81.2 cm³/mol. The number of rotatable bonds is 14. The minimum absolute atomic E-state index is 0.374. The second-order valence-corrected chi connectivity index (χ2v) is 12.8. The summed E-state index contributed by atoms with van der Waals surface area (Å²) in [5.74, 6) is 0. The van der Waals surface area contributed by atoms with E-state index in [1.165, 1.54) is 60.2 Å². The minimum atomic E-state index is 0.374. The SMILES string of the molecule is O=NCCCCCC[I-][C@H]1CCC[C@@H]1[I-]CCCCCO. The van der Waals surface area contributed by atoms with Crippen LogP contribution in [0.2, 0.25) is 0 Å². The number of halogens is 2. The van der Waals surface area contributed by atoms with Gasteiger partial charge in [0, 0.05) is 0 Å². The van der Waals surface area contributed by atoms with Gasteiger partial charge in [-0.15, -0.1) is 0 Å². The van der Waals surface area contributed by atoms with E-state index in [9.17, 15) is 4.91 Å². The molecule has 1 aliphatic carbocycles. The zero-order valence-electron chi connectivity index (χ0n) is 13.1. The maximum atomic E-state index is 9.99. The van der Waals surface area contributed by atoms with E-state index in [4.69, 9.17) is 5.11 Å². The molecule has 0 aromatic heterocycles. The third-order valence-electron chi connectivity index (χ3n) is 3.89. The van der Waals surface area contributed by atoms with Crippen LogP contribution in [0.25, 0.3) is 0 Å². The number of aliphatic hydroxyl groups is 1. The summed E-state index contributed by atoms with van der Waals surface area (Å²) in [5.41, 5.74) is 0. The number of alkyl halides is 4. The average Bonchev–Trinajstić information content (AvgIpc) is 2.94. The Labute approximate surface area is 150 Å². The third kappa shape index (κ3) is 10.4. The first kappa shape index (κ1) is 20.1. The van der Waals surface area contributed by atoms with Gasteiger partial charge in [-0.25, -0.2) is 0 Å². The summed E-state index contributed by atoms with van der Waals surface area (Å²) >= 11 is 0.856. The van der Waals surface area contributed by atoms with Crippen molar-refractivity contribution in [3.63, 3.8) is 0 Å². The summed E-state index contributed by atoms with van der Waals surface area (Å²) in [4.78, 5) is 9.99. The predicted octanol–water partition coefficient (Wildman–Crippen LogP) is -2.43. The van der Waals surface area contributed by atoms with Gasteiger partial charge in [0.2, 0.25) is 0 Å². The Morgan fingerprint density at radius 1 is 0.857 bits per heavy atom. The molecule has 0 unspecified atom stereocenters. The number of aliphatic hydroxyl groups excluding tert-OH is 1. The van der Waals surface area contributed by atoms with E-state index in [0.717, 1.165) is 20.7 Å². The molecule has 1 fully saturated rings. The Hall–Kier alpha value is 1.02. The van der Waals surface area contributed by atoms with Crippen molar-refractivity contribution in [3.05, 3.63) is 4.91 Å². The van der Waals surface area contributed by atoms with Gasteiger partial charge in [0.15, 0.2) is 0 Å². The van der Waals surface area contributed by atoms with Crippen LogP contribution in [0.3, 0.4) is 0 Å². The Bertz CT molecular complexity index is 254. The molecular formula is C16H31I2NO2-2. The Morgan fingerprint density at radius 2 is 1.43 bits per heavy atom. The molecule has 1 aliphatic rings. The first-order valence-electron chi connectivity index (χ1n) is 8.44. The van der Waals surface area contributed by atoms with Gasteiger partial charge in [0.25, 0.3) is 0 Å². The number of unbranched alkanes of at least 4 members (excludes halogenated alkanes) is 5. The summed E-state index contributed by atoms with van der Waals surface area (Å²) < 4.78 is 5.28. The van der Waals surface area contributed by atoms with Crippen LogP contribution in [0.1, 0.15) is 64.2 Å². The normalized spacial score (nSPS) is 22.1. The van der Waals surface area contributed by atoms with Crippen molar-refractivity contribution in [1.82, 2.24) is 0 Å². The number of hydrogen-bond donors (Lipinski definition) is 1. The van der Waals surface area contributed by atoms with Crippen molar-refractivity contribution < 1.29 is 47.5 Å². The molecule has 21 heavy (non-hydrogen) atoms. The van der Waals surface area contributed by atoms with E-state index in [1.807, 2.05) is 0 Å². The second kappa shape index (κ2) is 14.6. The zero-order valence-corrected chi connectivity index (χ0v) is 17.4. The first-order valence-corrected chi connectivity index (χ1v) is 14.0. The van der Waals surface area contributed by atoms with Crippen LogP contribution in [0.4, 0.5) is 0 Å². The molecule has 0 heterocycles. The van der Waals surface area contributed by atoms with Crippen molar-refractivity contribution in [2.24, 2.45) is 5.18 Å². The molecule has 1 saturated carbocycles. The fourth-order valence-electron chi connectivity index (χ4n) is 2.66. The van der Waals surface area contributed by atoms with Crippen molar-refractivity contribution in [3.8, 4) is 0 Å². The molecule has 0 radical (unpaired) electrons. The average molecular weight is 523 g/mol. The molecule has 2 atom stereocenters. The molecule has 1 N–H and O–H groups in total. The van der Waals surface area contributed by atoms with Gasteiger partial charge in [0.1, 0.15) is 0 Å². The number of nitroso groups, excluding NO2 is 1. The van der Waals surface area contributed by atoms with Crippen LogP contribution >= 0.6 is 0 Å². The quantitative estimate of drug-likeness (QED) is 0.119. The monoisotopic (exact) mass is 523 g/mol. The summed E-state index contributed by atoms with van der Waals surface area (Å²) in [6.07, 6.45) is 13.0. The summed E-state index contributed by atoms with van der Waals surface area (Å²) in [6, 6.07) is 0. The van der Waals surface area contributed by atoms with E-state index in [0.29, 0.717) is 55.6 Å². The summed E-state index contributed by atoms with van der Waals surface area (Å²) in [7, 11) is 0. The van der Waals surface area contributed by atoms with E-state index in [2.05, 4.69) is 5.18 Å². The molecule has 128 valence electrons. The van der Waals surface area contributed by atoms with Gasteiger partial charge in [-0.1, -0.05) is 0 Å². The van der Waals surface area contributed by atoms with Gasteiger partial charge in [-0.2, -0.15) is 0 Å². The van der Waals surface area contributed by atoms with Crippen LogP contribution in [0.5, 0.6) is 0 Å². The molecule has 3 nitrogen and oxygen atoms in total. The fraction of sp³-hybridized carbons (Fsp3) is 1.00. The molecule has 0 bridgehead atoms. The van der Waals surface area contributed by atoms with E-state index >= 15 is 0 Å². The van der Waals surface area contributed by atoms with Crippen LogP contribution in [-0.2, 0) is 0 Å². The van der Waals surface area contributed by atoms with Crippen molar-refractivity contribution in [2.45, 2.75) is 72.1 Å². The molecule has 0 aromatic carbocycles. The molecule has 1 rings (SSSR count). The molecule has 0 amide bonds. The molecule has 0 aliphatic heterocycles. The van der Waals surface area contributed by atoms with Gasteiger partial charge in [0.05, 0.1) is 0 Å². The first-order chi connectivity index (χ1) is 10.4. The van der Waals surface area contributed by atoms with Crippen molar-refractivity contribution in [1.29, 1.82) is 0 Å². The summed E-state index contributed by atoms with van der Waals surface area (Å²) in [5, 5.41) is 11.7. The standard InChI is InChI=1S/C16H31I2NO2/c20-14-7-3-5-12-18-16-10-8-9-15(16)17-11-4-1-2-6-13-19-21/h15-16,20H,1-14H2/q-2/t15-,16-/m0/s1. The third-order valence-corrected chi connectivity index (χ3v) is 13.3. The van der Waals surface area contributed by atoms with E-state index in [1.54, 1.807) is 0 Å². The maximum absolute atomic E-state index is 9.99. The second-order valence-electron chi connectivity index (χ2n) is 5.70. The fourth-order valence-corrected chi connectivity index (χ4v) is 12.4. The van der Waals surface area contributed by atoms with E-state index in [-0.39, 0.29) is 0 Å². The van der Waals surface area contributed by atoms with E-state index < -0.39 is 0 Å². The van der Waals surface area contributed by atoms with Crippen LogP contribution in [-0.4, -0.2) is 35.0 Å². The molecule has 0 spiro atoms. The molecular weight excluding hydrogens is 492 g/mol. The number of hydrogen-bond acceptors (Lipinski definition) is 3. The summed E-state index contributed by atoms with van der Waals surface area (Å²) in [6.45, 7) is 0.888. The Morgan fingerprint density at radius 3 is 2.00 bits per heavy atom. The topological polar surface area (TPSA) is 49.7 Å². The molecule has 0 saturated heterocycles. The number of nitrogens with zero attached hydrogens (tertiary/aromatic N) is 1. The molecule has 5 heteroatoms. The Balaban J connectivity index is 1.98. The molecule has 0 aromatic rings. The zero-order chi connectivity index (χ0) is 15.2. The van der Waals surface area contributed by atoms with Gasteiger partial charge < -0.3 is 0 Å². The van der Waals surface area contributed by atoms with Crippen LogP contribution in [0, 0.1) is 4.91 Å². The van der Waals surface area contributed by atoms with Crippen LogP contribution < -0.4 is 42.4 Å². The van der Waals surface area contributed by atoms with Crippen LogP contribution in [0.15, 0.2) is 5.18 Å². The van der Waals surface area contributed by atoms with Gasteiger partial charge in [-0.05, 0) is 0 Å². The van der Waals surface area contributed by atoms with Gasteiger partial charge in [-0.3, -0.25) is 0 Å². The Kier molecular flexibility index (Phi) is 14.0. The van der Waals surface area contributed by atoms with Crippen molar-refractivity contribution in [2.75, 3.05) is 22.0 Å². The van der Waals surface area contributed by atoms with Crippen molar-refractivity contribution >= 4 is 0 Å². The van der Waals surface area contributed by atoms with Gasteiger partial charge >= 0.3 is 152 Å².